The molecule has 0 saturated carbocycles. The molecule has 1 N–H and O–H groups in total. The van der Waals surface area contributed by atoms with Crippen LogP contribution < -0.4 is 5.32 Å². The highest BCUT2D eigenvalue weighted by Gasteiger charge is 2.27. The van der Waals surface area contributed by atoms with Crippen molar-refractivity contribution in [2.24, 2.45) is 0 Å². The minimum atomic E-state index is -4.31. The molecular formula is C18H20F3NO2S. The molecule has 1 amide bonds. The number of hydrogen-bond acceptors (Lipinski definition) is 3. The van der Waals surface area contributed by atoms with Gasteiger partial charge in [-0.1, -0.05) is 30.3 Å². The van der Waals surface area contributed by atoms with E-state index in [9.17, 15) is 18.0 Å². The van der Waals surface area contributed by atoms with Crippen LogP contribution in [0.1, 0.15) is 28.8 Å². The van der Waals surface area contributed by atoms with Gasteiger partial charge in [-0.3, -0.25) is 4.79 Å². The zero-order chi connectivity index (χ0) is 18.1. The van der Waals surface area contributed by atoms with E-state index in [1.165, 1.54) is 4.88 Å². The molecule has 0 atom stereocenters. The van der Waals surface area contributed by atoms with E-state index < -0.39 is 12.8 Å². The number of nitrogens with one attached hydrogen (secondary N) is 1. The van der Waals surface area contributed by atoms with Crippen molar-refractivity contribution >= 4 is 17.2 Å². The van der Waals surface area contributed by atoms with Crippen molar-refractivity contribution in [1.82, 2.24) is 5.32 Å². The van der Waals surface area contributed by atoms with Gasteiger partial charge in [0.1, 0.15) is 6.61 Å². The second-order valence-electron chi connectivity index (χ2n) is 5.63. The zero-order valence-corrected chi connectivity index (χ0v) is 14.5. The topological polar surface area (TPSA) is 38.3 Å². The molecular weight excluding hydrogens is 351 g/mol. The average molecular weight is 371 g/mol. The van der Waals surface area contributed by atoms with Crippen molar-refractivity contribution < 1.29 is 22.7 Å². The minimum Gasteiger partial charge on any atom is -0.367 e. The summed E-state index contributed by atoms with van der Waals surface area (Å²) in [4.78, 5) is 13.1. The minimum absolute atomic E-state index is 0.00542. The Balaban J connectivity index is 1.64. The molecule has 3 nitrogen and oxygen atoms in total. The number of hydrogen-bond donors (Lipinski definition) is 1. The summed E-state index contributed by atoms with van der Waals surface area (Å²) >= 11 is 1.69. The van der Waals surface area contributed by atoms with E-state index in [4.69, 9.17) is 0 Å². The number of rotatable bonds is 9. The summed E-state index contributed by atoms with van der Waals surface area (Å²) in [6.45, 7) is -0.938. The number of amides is 1. The fourth-order valence-electron chi connectivity index (χ4n) is 2.20. The predicted molar refractivity (Wildman–Crippen MR) is 91.3 cm³/mol. The van der Waals surface area contributed by atoms with Crippen LogP contribution >= 0.6 is 11.3 Å². The molecule has 0 aliphatic heterocycles. The molecule has 1 heterocycles. The van der Waals surface area contributed by atoms with Gasteiger partial charge in [0.2, 0.25) is 5.91 Å². The first kappa shape index (κ1) is 19.5. The fourth-order valence-corrected chi connectivity index (χ4v) is 2.96. The Morgan fingerprint density at radius 1 is 1.12 bits per heavy atom. The fraction of sp³-hybridized carbons (Fsp3) is 0.389. The molecule has 1 aromatic carbocycles. The Morgan fingerprint density at radius 2 is 1.84 bits per heavy atom. The molecule has 0 spiro atoms. The molecule has 2 aromatic rings. The molecule has 25 heavy (non-hydrogen) atoms. The predicted octanol–water partition coefficient (Wildman–Crippen LogP) is 4.47. The first-order chi connectivity index (χ1) is 11.9. The second-order valence-corrected chi connectivity index (χ2v) is 6.67. The maximum atomic E-state index is 12.0. The van der Waals surface area contributed by atoms with E-state index in [0.29, 0.717) is 18.5 Å². The van der Waals surface area contributed by atoms with Gasteiger partial charge in [-0.15, -0.1) is 11.3 Å². The van der Waals surface area contributed by atoms with Crippen LogP contribution in [-0.2, 0) is 29.1 Å². The lowest BCUT2D eigenvalue weighted by molar-refractivity contribution is -0.176. The third kappa shape index (κ3) is 8.18. The van der Waals surface area contributed by atoms with Gasteiger partial charge in [-0.05, 0) is 35.4 Å². The summed E-state index contributed by atoms with van der Waals surface area (Å²) < 4.78 is 40.6. The molecule has 0 bridgehead atoms. The molecule has 0 unspecified atom stereocenters. The van der Waals surface area contributed by atoms with Gasteiger partial charge in [0.05, 0.1) is 6.61 Å². The van der Waals surface area contributed by atoms with E-state index in [1.807, 2.05) is 11.4 Å². The zero-order valence-electron chi connectivity index (χ0n) is 13.6. The number of thiophene rings is 1. The van der Waals surface area contributed by atoms with E-state index in [-0.39, 0.29) is 12.5 Å². The molecule has 0 radical (unpaired) electrons. The van der Waals surface area contributed by atoms with Crippen molar-refractivity contribution in [3.8, 4) is 0 Å². The summed E-state index contributed by atoms with van der Waals surface area (Å²) in [5.41, 5.74) is 1.56. The maximum Gasteiger partial charge on any atom is 0.411 e. The normalized spacial score (nSPS) is 11.5. The molecule has 0 saturated heterocycles. The number of carbonyl (C=O) groups is 1. The Hall–Kier alpha value is -1.86. The Labute approximate surface area is 148 Å². The van der Waals surface area contributed by atoms with Gasteiger partial charge in [-0.2, -0.15) is 13.2 Å². The van der Waals surface area contributed by atoms with Gasteiger partial charge < -0.3 is 10.1 Å². The summed E-state index contributed by atoms with van der Waals surface area (Å²) in [7, 11) is 0. The van der Waals surface area contributed by atoms with Crippen LogP contribution in [0.25, 0.3) is 0 Å². The van der Waals surface area contributed by atoms with Crippen molar-refractivity contribution in [2.45, 2.75) is 38.6 Å². The van der Waals surface area contributed by atoms with Crippen molar-refractivity contribution in [3.05, 3.63) is 57.8 Å². The van der Waals surface area contributed by atoms with Crippen LogP contribution in [-0.4, -0.2) is 18.7 Å². The third-order valence-corrected chi connectivity index (χ3v) is 4.39. The van der Waals surface area contributed by atoms with E-state index >= 15 is 0 Å². The standard InChI is InChI=1S/C18H20F3NO2S/c19-18(20,21)13-24-12-15-8-6-14(7-9-15)11-22-17(23)5-1-3-16-4-2-10-25-16/h2,4,6-10H,1,3,5,11-13H2,(H,22,23). The lowest BCUT2D eigenvalue weighted by Crippen LogP contribution is -2.22. The van der Waals surface area contributed by atoms with Crippen LogP contribution in [0.2, 0.25) is 0 Å². The Bertz CT molecular complexity index is 639. The average Bonchev–Trinajstić information content (AvgIpc) is 3.06. The van der Waals surface area contributed by atoms with E-state index in [0.717, 1.165) is 18.4 Å². The summed E-state index contributed by atoms with van der Waals surface area (Å²) in [6, 6.07) is 11.0. The van der Waals surface area contributed by atoms with E-state index in [1.54, 1.807) is 35.6 Å². The van der Waals surface area contributed by atoms with Crippen molar-refractivity contribution in [1.29, 1.82) is 0 Å². The van der Waals surface area contributed by atoms with Crippen LogP contribution in [0.3, 0.4) is 0 Å². The molecule has 136 valence electrons. The molecule has 0 aliphatic rings. The lowest BCUT2D eigenvalue weighted by atomic mass is 10.1. The van der Waals surface area contributed by atoms with Crippen LogP contribution in [0.4, 0.5) is 13.2 Å². The van der Waals surface area contributed by atoms with Gasteiger partial charge >= 0.3 is 6.18 Å². The Morgan fingerprint density at radius 3 is 2.48 bits per heavy atom. The summed E-state index contributed by atoms with van der Waals surface area (Å²) in [6.07, 6.45) is -2.13. The highest BCUT2D eigenvalue weighted by Crippen LogP contribution is 2.16. The first-order valence-corrected chi connectivity index (χ1v) is 8.82. The molecule has 0 aliphatic carbocycles. The number of alkyl halides is 3. The quantitative estimate of drug-likeness (QED) is 0.706. The smallest absolute Gasteiger partial charge is 0.367 e. The van der Waals surface area contributed by atoms with Crippen molar-refractivity contribution in [2.75, 3.05) is 6.61 Å². The lowest BCUT2D eigenvalue weighted by Gasteiger charge is -2.09. The highest BCUT2D eigenvalue weighted by atomic mass is 32.1. The van der Waals surface area contributed by atoms with Gasteiger partial charge in [-0.25, -0.2) is 0 Å². The maximum absolute atomic E-state index is 12.0. The number of halogens is 3. The van der Waals surface area contributed by atoms with Crippen LogP contribution in [0.15, 0.2) is 41.8 Å². The number of ether oxygens (including phenoxy) is 1. The summed E-state index contributed by atoms with van der Waals surface area (Å²) in [5, 5.41) is 4.87. The van der Waals surface area contributed by atoms with Gasteiger partial charge in [0.15, 0.2) is 0 Å². The second kappa shape index (κ2) is 9.58. The van der Waals surface area contributed by atoms with Crippen molar-refractivity contribution in [3.63, 3.8) is 0 Å². The SMILES string of the molecule is O=C(CCCc1cccs1)NCc1ccc(COCC(F)(F)F)cc1. The molecule has 0 fully saturated rings. The molecule has 1 aromatic heterocycles. The Kier molecular flexibility index (Phi) is 7.46. The highest BCUT2D eigenvalue weighted by molar-refractivity contribution is 7.09. The van der Waals surface area contributed by atoms with Gasteiger partial charge in [0, 0.05) is 17.8 Å². The largest absolute Gasteiger partial charge is 0.411 e. The molecule has 2 rings (SSSR count). The number of benzene rings is 1. The molecule has 7 heteroatoms. The summed E-state index contributed by atoms with van der Waals surface area (Å²) in [5.74, 6) is -0.00542. The van der Waals surface area contributed by atoms with Gasteiger partial charge in [0.25, 0.3) is 0 Å². The monoisotopic (exact) mass is 371 g/mol. The van der Waals surface area contributed by atoms with Crippen LogP contribution in [0.5, 0.6) is 0 Å². The first-order valence-electron chi connectivity index (χ1n) is 7.94. The van der Waals surface area contributed by atoms with E-state index in [2.05, 4.69) is 16.1 Å². The number of aryl methyl sites for hydroxylation is 1. The van der Waals surface area contributed by atoms with Crippen LogP contribution in [0, 0.1) is 0 Å². The number of carbonyl (C=O) groups excluding carboxylic acids is 1. The third-order valence-electron chi connectivity index (χ3n) is 3.45.